The zero-order valence-corrected chi connectivity index (χ0v) is 25.2. The molecule has 5 aromatic rings. The lowest BCUT2D eigenvalue weighted by Crippen LogP contribution is -2.51. The highest BCUT2D eigenvalue weighted by Crippen LogP contribution is 2.36. The summed E-state index contributed by atoms with van der Waals surface area (Å²) in [6, 6.07) is 36.3. The molecule has 0 fully saturated rings. The second-order valence-electron chi connectivity index (χ2n) is 10.9. The van der Waals surface area contributed by atoms with Gasteiger partial charge in [0.15, 0.2) is 0 Å². The van der Waals surface area contributed by atoms with Crippen molar-refractivity contribution in [2.75, 3.05) is 0 Å². The van der Waals surface area contributed by atoms with Crippen LogP contribution >= 0.6 is 0 Å². The molecule has 0 radical (unpaired) electrons. The topological polar surface area (TPSA) is 0 Å². The first-order chi connectivity index (χ1) is 17.5. The summed E-state index contributed by atoms with van der Waals surface area (Å²) in [6.45, 7) is 14.8. The van der Waals surface area contributed by atoms with Gasteiger partial charge in [0, 0.05) is 0 Å². The number of rotatable bonds is 8. The minimum atomic E-state index is -1.69. The van der Waals surface area contributed by atoms with Crippen LogP contribution in [0.3, 0.4) is 0 Å². The SMILES string of the molecule is CC[Si](CC)(CC)c1c2cc3ccccc3cc2c([Si](CC)(CC)CC)c2cc3ccccc3cc12. The van der Waals surface area contributed by atoms with Crippen molar-refractivity contribution < 1.29 is 0 Å². The van der Waals surface area contributed by atoms with E-state index in [2.05, 4.69) is 114 Å². The van der Waals surface area contributed by atoms with Gasteiger partial charge in [0.25, 0.3) is 0 Å². The van der Waals surface area contributed by atoms with E-state index in [4.69, 9.17) is 0 Å². The third-order valence-electron chi connectivity index (χ3n) is 9.97. The summed E-state index contributed by atoms with van der Waals surface area (Å²) in [5.74, 6) is 0. The van der Waals surface area contributed by atoms with E-state index in [0.717, 1.165) is 0 Å². The molecule has 0 saturated heterocycles. The van der Waals surface area contributed by atoms with Crippen LogP contribution in [0.1, 0.15) is 41.5 Å². The first kappa shape index (κ1) is 25.2. The quantitative estimate of drug-likeness (QED) is 0.145. The van der Waals surface area contributed by atoms with Crippen LogP contribution in [-0.2, 0) is 0 Å². The van der Waals surface area contributed by atoms with E-state index in [1.165, 1.54) is 57.8 Å². The Hall–Kier alpha value is -2.43. The highest BCUT2D eigenvalue weighted by molar-refractivity contribution is 6.98. The molecule has 5 aromatic carbocycles. The third kappa shape index (κ3) is 3.68. The summed E-state index contributed by atoms with van der Waals surface area (Å²) < 4.78 is 0. The molecule has 0 aliphatic heterocycles. The smallest absolute Gasteiger partial charge is 0.0675 e. The van der Waals surface area contributed by atoms with Gasteiger partial charge in [0.1, 0.15) is 0 Å². The second kappa shape index (κ2) is 9.80. The van der Waals surface area contributed by atoms with Crippen LogP contribution in [0.15, 0.2) is 72.8 Å². The Morgan fingerprint density at radius 3 is 0.806 bits per heavy atom. The predicted molar refractivity (Wildman–Crippen MR) is 170 cm³/mol. The zero-order chi connectivity index (χ0) is 25.5. The molecule has 0 saturated carbocycles. The summed E-state index contributed by atoms with van der Waals surface area (Å²) >= 11 is 0. The van der Waals surface area contributed by atoms with E-state index in [1.54, 1.807) is 31.9 Å². The number of benzene rings is 5. The van der Waals surface area contributed by atoms with Crippen LogP contribution in [0.5, 0.6) is 0 Å². The van der Waals surface area contributed by atoms with Gasteiger partial charge < -0.3 is 0 Å². The Bertz CT molecular complexity index is 1320. The normalized spacial score (nSPS) is 12.8. The highest BCUT2D eigenvalue weighted by atomic mass is 28.3. The van der Waals surface area contributed by atoms with Crippen molar-refractivity contribution in [2.45, 2.75) is 77.8 Å². The molecule has 0 aliphatic carbocycles. The molecule has 0 bridgehead atoms. The van der Waals surface area contributed by atoms with Crippen LogP contribution in [0.25, 0.3) is 43.1 Å². The molecule has 0 atom stereocenters. The lowest BCUT2D eigenvalue weighted by molar-refractivity contribution is 1.20. The van der Waals surface area contributed by atoms with Crippen LogP contribution in [0.2, 0.25) is 36.3 Å². The summed E-state index contributed by atoms with van der Waals surface area (Å²) in [5.41, 5.74) is 0. The molecule has 0 heterocycles. The molecule has 0 aliphatic rings. The Morgan fingerprint density at radius 2 is 0.611 bits per heavy atom. The molecule has 186 valence electrons. The maximum atomic E-state index is 2.58. The summed E-state index contributed by atoms with van der Waals surface area (Å²) in [6.07, 6.45) is 0. The fourth-order valence-corrected chi connectivity index (χ4v) is 15.5. The number of hydrogen-bond donors (Lipinski definition) is 0. The molecule has 2 heteroatoms. The van der Waals surface area contributed by atoms with E-state index in [0.29, 0.717) is 0 Å². The summed E-state index contributed by atoms with van der Waals surface area (Å²) in [5, 5.41) is 15.4. The van der Waals surface area contributed by atoms with Crippen molar-refractivity contribution >= 4 is 69.6 Å². The standard InChI is InChI=1S/C34H42Si2/c1-7-35(8-2,9-3)33-29-21-25-17-13-15-19-27(25)23-31(29)34(36(10-4,11-5)12-6)32-24-28-20-16-14-18-26(28)22-30(32)33/h13-24H,7-12H2,1-6H3. The first-order valence-electron chi connectivity index (χ1n) is 14.3. The summed E-state index contributed by atoms with van der Waals surface area (Å²) in [7, 11) is -3.39. The van der Waals surface area contributed by atoms with E-state index in [9.17, 15) is 0 Å². The average molecular weight is 507 g/mol. The van der Waals surface area contributed by atoms with Crippen molar-refractivity contribution in [3.8, 4) is 0 Å². The summed E-state index contributed by atoms with van der Waals surface area (Å²) in [4.78, 5) is 0. The number of fused-ring (bicyclic) bond motifs is 4. The molecule has 0 unspecified atom stereocenters. The van der Waals surface area contributed by atoms with Gasteiger partial charge in [-0.2, -0.15) is 0 Å². The maximum absolute atomic E-state index is 2.58. The third-order valence-corrected chi connectivity index (χ3v) is 21.3. The van der Waals surface area contributed by atoms with Crippen LogP contribution in [0, 0.1) is 0 Å². The van der Waals surface area contributed by atoms with E-state index in [-0.39, 0.29) is 0 Å². The Balaban J connectivity index is 2.15. The van der Waals surface area contributed by atoms with Gasteiger partial charge >= 0.3 is 0 Å². The van der Waals surface area contributed by atoms with E-state index in [1.807, 2.05) is 0 Å². The molecule has 0 nitrogen and oxygen atoms in total. The van der Waals surface area contributed by atoms with Crippen LogP contribution in [0.4, 0.5) is 0 Å². The Kier molecular flexibility index (Phi) is 6.87. The van der Waals surface area contributed by atoms with E-state index >= 15 is 0 Å². The lowest BCUT2D eigenvalue weighted by Gasteiger charge is -2.37. The van der Waals surface area contributed by atoms with Gasteiger partial charge in [-0.15, -0.1) is 0 Å². The van der Waals surface area contributed by atoms with Crippen molar-refractivity contribution in [1.29, 1.82) is 0 Å². The van der Waals surface area contributed by atoms with Crippen molar-refractivity contribution in [2.24, 2.45) is 0 Å². The van der Waals surface area contributed by atoms with Gasteiger partial charge in [-0.3, -0.25) is 0 Å². The van der Waals surface area contributed by atoms with Gasteiger partial charge in [0.2, 0.25) is 0 Å². The van der Waals surface area contributed by atoms with E-state index < -0.39 is 16.1 Å². The molecule has 0 aromatic heterocycles. The van der Waals surface area contributed by atoms with Crippen LogP contribution < -0.4 is 10.4 Å². The van der Waals surface area contributed by atoms with Gasteiger partial charge in [-0.05, 0) is 77.7 Å². The van der Waals surface area contributed by atoms with Gasteiger partial charge in [-0.25, -0.2) is 0 Å². The second-order valence-corrected chi connectivity index (χ2v) is 21.3. The molecule has 5 rings (SSSR count). The number of hydrogen-bond acceptors (Lipinski definition) is 0. The first-order valence-corrected chi connectivity index (χ1v) is 19.6. The van der Waals surface area contributed by atoms with Crippen molar-refractivity contribution in [3.05, 3.63) is 72.8 Å². The fourth-order valence-electron chi connectivity index (χ4n) is 7.30. The van der Waals surface area contributed by atoms with Gasteiger partial charge in [0.05, 0.1) is 16.1 Å². The maximum Gasteiger partial charge on any atom is 0.0875 e. The molecule has 0 spiro atoms. The van der Waals surface area contributed by atoms with Gasteiger partial charge in [-0.1, -0.05) is 126 Å². The Morgan fingerprint density at radius 1 is 0.389 bits per heavy atom. The zero-order valence-electron chi connectivity index (χ0n) is 23.2. The fraction of sp³-hybridized carbons (Fsp3) is 0.353. The minimum absolute atomic E-state index is 1.31. The Labute approximate surface area is 219 Å². The monoisotopic (exact) mass is 506 g/mol. The molecule has 0 N–H and O–H groups in total. The molecular formula is C34H42Si2. The van der Waals surface area contributed by atoms with Crippen LogP contribution in [-0.4, -0.2) is 16.1 Å². The molecule has 0 amide bonds. The largest absolute Gasteiger partial charge is 0.0875 e. The highest BCUT2D eigenvalue weighted by Gasteiger charge is 2.38. The predicted octanol–water partition coefficient (Wildman–Crippen LogP) is 9.73. The molecule has 36 heavy (non-hydrogen) atoms. The average Bonchev–Trinajstić information content (AvgIpc) is 2.94. The molecular weight excluding hydrogens is 465 g/mol. The lowest BCUT2D eigenvalue weighted by atomic mass is 9.97. The van der Waals surface area contributed by atoms with Crippen molar-refractivity contribution in [1.82, 2.24) is 0 Å². The van der Waals surface area contributed by atoms with Crippen molar-refractivity contribution in [3.63, 3.8) is 0 Å². The minimum Gasteiger partial charge on any atom is -0.0675 e.